The molecule has 0 aliphatic carbocycles. The quantitative estimate of drug-likeness (QED) is 0.370. The molecule has 1 aromatic heterocycles. The SMILES string of the molecule is C[C@H](Oc1ccc(-c2ccccc2)cc1)C(=O)Nc1ccc(S(=O)(=O)Nc2nccs2)cc1. The van der Waals surface area contributed by atoms with E-state index in [2.05, 4.69) is 15.0 Å². The number of hydrogen-bond donors (Lipinski definition) is 2. The molecule has 3 aromatic carbocycles. The van der Waals surface area contributed by atoms with E-state index in [1.807, 2.05) is 54.6 Å². The summed E-state index contributed by atoms with van der Waals surface area (Å²) in [6, 6.07) is 23.4. The van der Waals surface area contributed by atoms with E-state index in [1.165, 1.54) is 41.8 Å². The van der Waals surface area contributed by atoms with Crippen molar-refractivity contribution in [2.75, 3.05) is 10.0 Å². The van der Waals surface area contributed by atoms with E-state index >= 15 is 0 Å². The molecule has 0 unspecified atom stereocenters. The van der Waals surface area contributed by atoms with Gasteiger partial charge in [-0.05, 0) is 54.4 Å². The molecular formula is C24H21N3O4S2. The summed E-state index contributed by atoms with van der Waals surface area (Å²) in [4.78, 5) is 16.5. The van der Waals surface area contributed by atoms with Crippen molar-refractivity contribution in [1.82, 2.24) is 4.98 Å². The van der Waals surface area contributed by atoms with Crippen LogP contribution in [0.4, 0.5) is 10.8 Å². The zero-order valence-electron chi connectivity index (χ0n) is 17.6. The van der Waals surface area contributed by atoms with Gasteiger partial charge in [-0.25, -0.2) is 13.4 Å². The van der Waals surface area contributed by atoms with Crippen LogP contribution in [-0.4, -0.2) is 25.4 Å². The average Bonchev–Trinajstić information content (AvgIpc) is 3.33. The molecule has 1 atom stereocenters. The molecule has 9 heteroatoms. The van der Waals surface area contributed by atoms with E-state index in [4.69, 9.17) is 4.74 Å². The first-order chi connectivity index (χ1) is 15.9. The van der Waals surface area contributed by atoms with Crippen LogP contribution in [0.2, 0.25) is 0 Å². The molecule has 1 heterocycles. The Morgan fingerprint density at radius 3 is 2.24 bits per heavy atom. The van der Waals surface area contributed by atoms with E-state index in [1.54, 1.807) is 12.3 Å². The van der Waals surface area contributed by atoms with Crippen molar-refractivity contribution in [3.05, 3.63) is 90.4 Å². The number of amides is 1. The number of benzene rings is 3. The number of thiazole rings is 1. The Kier molecular flexibility index (Phi) is 6.71. The Morgan fingerprint density at radius 2 is 1.61 bits per heavy atom. The molecule has 0 aliphatic rings. The topological polar surface area (TPSA) is 97.4 Å². The molecule has 168 valence electrons. The van der Waals surface area contributed by atoms with Gasteiger partial charge in [0.05, 0.1) is 4.90 Å². The number of nitrogens with zero attached hydrogens (tertiary/aromatic N) is 1. The Morgan fingerprint density at radius 1 is 0.939 bits per heavy atom. The van der Waals surface area contributed by atoms with Crippen LogP contribution >= 0.6 is 11.3 Å². The normalized spacial score (nSPS) is 12.0. The van der Waals surface area contributed by atoms with E-state index < -0.39 is 16.1 Å². The lowest BCUT2D eigenvalue weighted by Crippen LogP contribution is -2.30. The van der Waals surface area contributed by atoms with Gasteiger partial charge < -0.3 is 10.1 Å². The maximum atomic E-state index is 12.5. The number of sulfonamides is 1. The monoisotopic (exact) mass is 479 g/mol. The van der Waals surface area contributed by atoms with E-state index in [9.17, 15) is 13.2 Å². The molecule has 0 saturated heterocycles. The van der Waals surface area contributed by atoms with Crippen LogP contribution in [0.15, 0.2) is 95.3 Å². The first kappa shape index (κ1) is 22.5. The Labute approximate surface area is 196 Å². The summed E-state index contributed by atoms with van der Waals surface area (Å²) < 4.78 is 33.0. The molecular weight excluding hydrogens is 458 g/mol. The maximum absolute atomic E-state index is 12.5. The lowest BCUT2D eigenvalue weighted by atomic mass is 10.1. The van der Waals surface area contributed by atoms with Crippen LogP contribution in [0, 0.1) is 0 Å². The van der Waals surface area contributed by atoms with Gasteiger partial charge in [-0.15, -0.1) is 11.3 Å². The zero-order chi connectivity index (χ0) is 23.3. The van der Waals surface area contributed by atoms with Gasteiger partial charge in [0.15, 0.2) is 11.2 Å². The van der Waals surface area contributed by atoms with E-state index in [0.29, 0.717) is 11.4 Å². The highest BCUT2D eigenvalue weighted by Gasteiger charge is 2.18. The molecule has 0 aliphatic heterocycles. The van der Waals surface area contributed by atoms with Crippen molar-refractivity contribution < 1.29 is 17.9 Å². The highest BCUT2D eigenvalue weighted by Crippen LogP contribution is 2.23. The molecule has 33 heavy (non-hydrogen) atoms. The third-order valence-corrected chi connectivity index (χ3v) is 6.90. The molecule has 0 fully saturated rings. The smallest absolute Gasteiger partial charge is 0.265 e. The number of carbonyl (C=O) groups is 1. The number of nitrogens with one attached hydrogen (secondary N) is 2. The summed E-state index contributed by atoms with van der Waals surface area (Å²) >= 11 is 1.19. The minimum absolute atomic E-state index is 0.0681. The summed E-state index contributed by atoms with van der Waals surface area (Å²) in [5, 5.41) is 4.70. The van der Waals surface area contributed by atoms with Gasteiger partial charge >= 0.3 is 0 Å². The molecule has 0 spiro atoms. The van der Waals surface area contributed by atoms with Crippen LogP contribution in [0.1, 0.15) is 6.92 Å². The van der Waals surface area contributed by atoms with Crippen LogP contribution in [0.5, 0.6) is 5.75 Å². The van der Waals surface area contributed by atoms with Gasteiger partial charge in [-0.3, -0.25) is 9.52 Å². The number of anilines is 2. The van der Waals surface area contributed by atoms with Gasteiger partial charge in [0.2, 0.25) is 0 Å². The summed E-state index contributed by atoms with van der Waals surface area (Å²) in [5.74, 6) is 0.227. The van der Waals surface area contributed by atoms with Crippen LogP contribution in [0.3, 0.4) is 0 Å². The van der Waals surface area contributed by atoms with Gasteiger partial charge in [0.25, 0.3) is 15.9 Å². The average molecular weight is 480 g/mol. The fraction of sp³-hybridized carbons (Fsp3) is 0.0833. The van der Waals surface area contributed by atoms with Crippen molar-refractivity contribution in [3.8, 4) is 16.9 Å². The van der Waals surface area contributed by atoms with Crippen LogP contribution in [-0.2, 0) is 14.8 Å². The summed E-state index contributed by atoms with van der Waals surface area (Å²) in [6.07, 6.45) is 0.768. The number of aromatic nitrogens is 1. The van der Waals surface area contributed by atoms with Crippen molar-refractivity contribution in [1.29, 1.82) is 0 Å². The Bertz CT molecular complexity index is 1310. The van der Waals surface area contributed by atoms with Gasteiger partial charge in [0, 0.05) is 17.3 Å². The lowest BCUT2D eigenvalue weighted by Gasteiger charge is -2.15. The van der Waals surface area contributed by atoms with Crippen molar-refractivity contribution in [2.24, 2.45) is 0 Å². The van der Waals surface area contributed by atoms with Crippen LogP contribution in [0.25, 0.3) is 11.1 Å². The van der Waals surface area contributed by atoms with Gasteiger partial charge in [-0.2, -0.15) is 0 Å². The second-order valence-electron chi connectivity index (χ2n) is 7.11. The number of rotatable bonds is 8. The number of carbonyl (C=O) groups excluding carboxylic acids is 1. The number of hydrogen-bond acceptors (Lipinski definition) is 6. The predicted molar refractivity (Wildman–Crippen MR) is 130 cm³/mol. The minimum atomic E-state index is -3.75. The molecule has 4 aromatic rings. The highest BCUT2D eigenvalue weighted by molar-refractivity contribution is 7.93. The lowest BCUT2D eigenvalue weighted by molar-refractivity contribution is -0.122. The largest absolute Gasteiger partial charge is 0.481 e. The van der Waals surface area contributed by atoms with E-state index in [-0.39, 0.29) is 15.9 Å². The molecule has 0 bridgehead atoms. The number of ether oxygens (including phenoxy) is 1. The first-order valence-corrected chi connectivity index (χ1v) is 12.4. The summed E-state index contributed by atoms with van der Waals surface area (Å²) in [5.41, 5.74) is 2.62. The standard InChI is InChI=1S/C24H21N3O4S2/c1-17(31-21-11-7-19(8-12-21)18-5-3-2-4-6-18)23(28)26-20-9-13-22(14-10-20)33(29,30)27-24-25-15-16-32-24/h2-17H,1H3,(H,25,27)(H,26,28)/t17-/m0/s1. The molecule has 0 radical (unpaired) electrons. The van der Waals surface area contributed by atoms with Gasteiger partial charge in [0.1, 0.15) is 5.75 Å². The molecule has 4 rings (SSSR count). The maximum Gasteiger partial charge on any atom is 0.265 e. The zero-order valence-corrected chi connectivity index (χ0v) is 19.3. The van der Waals surface area contributed by atoms with Crippen molar-refractivity contribution >= 4 is 38.1 Å². The summed E-state index contributed by atoms with van der Waals surface area (Å²) in [6.45, 7) is 1.65. The third-order valence-electron chi connectivity index (χ3n) is 4.73. The predicted octanol–water partition coefficient (Wildman–Crippen LogP) is 5.02. The van der Waals surface area contributed by atoms with Crippen molar-refractivity contribution in [3.63, 3.8) is 0 Å². The highest BCUT2D eigenvalue weighted by atomic mass is 32.2. The second kappa shape index (κ2) is 9.85. The molecule has 1 amide bonds. The fourth-order valence-electron chi connectivity index (χ4n) is 3.02. The molecule has 7 nitrogen and oxygen atoms in total. The Hall–Kier alpha value is -3.69. The second-order valence-corrected chi connectivity index (χ2v) is 9.68. The fourth-order valence-corrected chi connectivity index (χ4v) is 4.81. The third kappa shape index (κ3) is 5.76. The minimum Gasteiger partial charge on any atom is -0.481 e. The van der Waals surface area contributed by atoms with Crippen molar-refractivity contribution in [2.45, 2.75) is 17.9 Å². The summed E-state index contributed by atoms with van der Waals surface area (Å²) in [7, 11) is -3.75. The van der Waals surface area contributed by atoms with Crippen LogP contribution < -0.4 is 14.8 Å². The molecule has 0 saturated carbocycles. The molecule has 2 N–H and O–H groups in total. The first-order valence-electron chi connectivity index (χ1n) is 10.1. The van der Waals surface area contributed by atoms with E-state index in [0.717, 1.165) is 11.1 Å². The Balaban J connectivity index is 1.35. The van der Waals surface area contributed by atoms with Gasteiger partial charge in [-0.1, -0.05) is 42.5 Å².